The Kier molecular flexibility index (Phi) is 6.22. The van der Waals surface area contributed by atoms with Gasteiger partial charge in [0.2, 0.25) is 5.91 Å². The van der Waals surface area contributed by atoms with Crippen molar-refractivity contribution in [3.63, 3.8) is 0 Å². The summed E-state index contributed by atoms with van der Waals surface area (Å²) < 4.78 is 2.33. The van der Waals surface area contributed by atoms with Crippen molar-refractivity contribution in [2.75, 3.05) is 31.1 Å². The smallest absolute Gasteiger partial charge is 0.328 e. The number of nitrogens with zero attached hydrogens (tertiary/aromatic N) is 3. The second-order valence-corrected chi connectivity index (χ2v) is 10.0. The van der Waals surface area contributed by atoms with Crippen molar-refractivity contribution in [1.82, 2.24) is 14.8 Å². The van der Waals surface area contributed by atoms with E-state index in [4.69, 9.17) is 0 Å². The number of amides is 3. The van der Waals surface area contributed by atoms with Crippen molar-refractivity contribution < 1.29 is 9.59 Å². The molecule has 1 N–H and O–H groups in total. The highest BCUT2D eigenvalue weighted by Crippen LogP contribution is 2.34. The number of piperidine rings is 1. The molecule has 3 amide bonds. The molecule has 1 aromatic carbocycles. The zero-order valence-electron chi connectivity index (χ0n) is 19.3. The van der Waals surface area contributed by atoms with Gasteiger partial charge in [0.05, 0.1) is 0 Å². The minimum Gasteiger partial charge on any atom is -0.347 e. The van der Waals surface area contributed by atoms with Gasteiger partial charge >= 0.3 is 6.03 Å². The average Bonchev–Trinajstić information content (AvgIpc) is 3.14. The van der Waals surface area contributed by atoms with E-state index >= 15 is 0 Å². The SMILES string of the molecule is Cn1c(C2CCN(CCC3CCCCC3)CC2)cc2cc(N3CCC(=O)NC3=O)ccc21. The molecule has 6 heteroatoms. The lowest BCUT2D eigenvalue weighted by atomic mass is 9.86. The van der Waals surface area contributed by atoms with Crippen molar-refractivity contribution in [3.05, 3.63) is 30.0 Å². The first-order valence-electron chi connectivity index (χ1n) is 12.5. The summed E-state index contributed by atoms with van der Waals surface area (Å²) >= 11 is 0. The van der Waals surface area contributed by atoms with Gasteiger partial charge in [-0.2, -0.15) is 0 Å². The molecule has 0 bridgehead atoms. The number of imide groups is 1. The van der Waals surface area contributed by atoms with Crippen LogP contribution >= 0.6 is 0 Å². The summed E-state index contributed by atoms with van der Waals surface area (Å²) in [4.78, 5) is 28.0. The molecule has 5 rings (SSSR count). The van der Waals surface area contributed by atoms with E-state index in [-0.39, 0.29) is 11.9 Å². The van der Waals surface area contributed by atoms with Crippen molar-refractivity contribution in [1.29, 1.82) is 0 Å². The monoisotopic (exact) mass is 436 g/mol. The largest absolute Gasteiger partial charge is 0.347 e. The minimum atomic E-state index is -0.322. The molecule has 0 radical (unpaired) electrons. The Hall–Kier alpha value is -2.34. The van der Waals surface area contributed by atoms with Gasteiger partial charge in [-0.3, -0.25) is 15.0 Å². The predicted molar refractivity (Wildman–Crippen MR) is 128 cm³/mol. The normalized spacial score (nSPS) is 22.0. The first-order valence-corrected chi connectivity index (χ1v) is 12.5. The Labute approximate surface area is 190 Å². The topological polar surface area (TPSA) is 57.6 Å². The Balaban J connectivity index is 1.23. The van der Waals surface area contributed by atoms with Crippen LogP contribution in [0.4, 0.5) is 10.5 Å². The van der Waals surface area contributed by atoms with Crippen LogP contribution < -0.4 is 10.2 Å². The zero-order chi connectivity index (χ0) is 22.1. The number of fused-ring (bicyclic) bond motifs is 1. The number of nitrogens with one attached hydrogen (secondary N) is 1. The second kappa shape index (κ2) is 9.26. The van der Waals surface area contributed by atoms with Crippen LogP contribution in [-0.4, -0.2) is 47.6 Å². The van der Waals surface area contributed by atoms with Gasteiger partial charge in [-0.25, -0.2) is 4.79 Å². The molecule has 6 nitrogen and oxygen atoms in total. The number of hydrogen-bond acceptors (Lipinski definition) is 3. The lowest BCUT2D eigenvalue weighted by Crippen LogP contribution is -2.49. The van der Waals surface area contributed by atoms with Crippen LogP contribution in [-0.2, 0) is 11.8 Å². The summed E-state index contributed by atoms with van der Waals surface area (Å²) in [5, 5.41) is 3.59. The van der Waals surface area contributed by atoms with E-state index in [1.165, 1.54) is 87.6 Å². The molecule has 2 aromatic rings. The number of urea groups is 1. The standard InChI is InChI=1S/C26H36N4O2/c1-28-23-8-7-22(30-16-12-25(31)27-26(30)32)17-21(23)18-24(28)20-10-14-29(15-11-20)13-9-19-5-3-2-4-6-19/h7-8,17-20H,2-6,9-16H2,1H3,(H,27,31,32). The molecule has 3 aliphatic rings. The molecule has 32 heavy (non-hydrogen) atoms. The van der Waals surface area contributed by atoms with E-state index in [1.54, 1.807) is 4.90 Å². The number of anilines is 1. The van der Waals surface area contributed by atoms with E-state index in [0.717, 1.165) is 11.6 Å². The second-order valence-electron chi connectivity index (χ2n) is 10.0. The number of hydrogen-bond donors (Lipinski definition) is 1. The fourth-order valence-corrected chi connectivity index (χ4v) is 6.02. The third-order valence-electron chi connectivity index (χ3n) is 8.01. The number of rotatable bonds is 5. The van der Waals surface area contributed by atoms with Gasteiger partial charge in [-0.15, -0.1) is 0 Å². The van der Waals surface area contributed by atoms with Crippen LogP contribution in [0, 0.1) is 5.92 Å². The molecule has 1 aromatic heterocycles. The summed E-state index contributed by atoms with van der Waals surface area (Å²) in [6.07, 6.45) is 11.4. The molecule has 0 spiro atoms. The maximum absolute atomic E-state index is 12.2. The summed E-state index contributed by atoms with van der Waals surface area (Å²) in [5.41, 5.74) is 3.47. The van der Waals surface area contributed by atoms with Gasteiger partial charge in [0.1, 0.15) is 0 Å². The van der Waals surface area contributed by atoms with Gasteiger partial charge in [-0.1, -0.05) is 32.1 Å². The van der Waals surface area contributed by atoms with Gasteiger partial charge in [0.15, 0.2) is 0 Å². The van der Waals surface area contributed by atoms with Crippen molar-refractivity contribution in [2.45, 2.75) is 63.7 Å². The van der Waals surface area contributed by atoms with Gasteiger partial charge in [0, 0.05) is 48.2 Å². The number of benzene rings is 1. The molecule has 0 atom stereocenters. The van der Waals surface area contributed by atoms with Crippen LogP contribution in [0.2, 0.25) is 0 Å². The maximum atomic E-state index is 12.2. The molecule has 2 aliphatic heterocycles. The quantitative estimate of drug-likeness (QED) is 0.734. The third kappa shape index (κ3) is 4.42. The molecule has 1 saturated carbocycles. The van der Waals surface area contributed by atoms with Crippen LogP contribution in [0.5, 0.6) is 0 Å². The summed E-state index contributed by atoms with van der Waals surface area (Å²) in [7, 11) is 2.17. The molecular weight excluding hydrogens is 400 g/mol. The van der Waals surface area contributed by atoms with Crippen LogP contribution in [0.15, 0.2) is 24.3 Å². The van der Waals surface area contributed by atoms with Crippen LogP contribution in [0.1, 0.15) is 69.4 Å². The lowest BCUT2D eigenvalue weighted by molar-refractivity contribution is -0.120. The highest BCUT2D eigenvalue weighted by Gasteiger charge is 2.26. The number of carbonyl (C=O) groups is 2. The molecule has 2 saturated heterocycles. The Morgan fingerprint density at radius 3 is 2.50 bits per heavy atom. The van der Waals surface area contributed by atoms with Crippen molar-refractivity contribution in [3.8, 4) is 0 Å². The molecule has 3 fully saturated rings. The van der Waals surface area contributed by atoms with E-state index in [9.17, 15) is 9.59 Å². The average molecular weight is 437 g/mol. The van der Waals surface area contributed by atoms with Gasteiger partial charge < -0.3 is 9.47 Å². The van der Waals surface area contributed by atoms with E-state index in [2.05, 4.69) is 40.0 Å². The Morgan fingerprint density at radius 2 is 1.75 bits per heavy atom. The van der Waals surface area contributed by atoms with Gasteiger partial charge in [0.25, 0.3) is 0 Å². The number of aromatic nitrogens is 1. The number of aryl methyl sites for hydroxylation is 1. The first-order chi connectivity index (χ1) is 15.6. The lowest BCUT2D eigenvalue weighted by Gasteiger charge is -2.33. The predicted octanol–water partition coefficient (Wildman–Crippen LogP) is 4.77. The molecule has 0 unspecified atom stereocenters. The Bertz CT molecular complexity index is 983. The minimum absolute atomic E-state index is 0.195. The number of likely N-dealkylation sites (tertiary alicyclic amines) is 1. The summed E-state index contributed by atoms with van der Waals surface area (Å²) in [6, 6.07) is 8.19. The highest BCUT2D eigenvalue weighted by molar-refractivity contribution is 6.06. The highest BCUT2D eigenvalue weighted by atomic mass is 16.2. The first kappa shape index (κ1) is 21.5. The summed E-state index contributed by atoms with van der Waals surface area (Å²) in [5.74, 6) is 1.37. The number of carbonyl (C=O) groups excluding carboxylic acids is 2. The molecular formula is C26H36N4O2. The Morgan fingerprint density at radius 1 is 0.969 bits per heavy atom. The van der Waals surface area contributed by atoms with Crippen molar-refractivity contribution in [2.24, 2.45) is 13.0 Å². The third-order valence-corrected chi connectivity index (χ3v) is 8.01. The zero-order valence-corrected chi connectivity index (χ0v) is 19.3. The van der Waals surface area contributed by atoms with Crippen molar-refractivity contribution >= 4 is 28.5 Å². The maximum Gasteiger partial charge on any atom is 0.328 e. The van der Waals surface area contributed by atoms with E-state index < -0.39 is 0 Å². The summed E-state index contributed by atoms with van der Waals surface area (Å²) in [6.45, 7) is 4.11. The molecule has 3 heterocycles. The fraction of sp³-hybridized carbons (Fsp3) is 0.615. The van der Waals surface area contributed by atoms with Crippen LogP contribution in [0.3, 0.4) is 0 Å². The van der Waals surface area contributed by atoms with Crippen LogP contribution in [0.25, 0.3) is 10.9 Å². The van der Waals surface area contributed by atoms with Gasteiger partial charge in [-0.05, 0) is 69.1 Å². The van der Waals surface area contributed by atoms with E-state index in [1.807, 2.05) is 6.07 Å². The fourth-order valence-electron chi connectivity index (χ4n) is 6.02. The van der Waals surface area contributed by atoms with E-state index in [0.29, 0.717) is 18.9 Å². The molecule has 1 aliphatic carbocycles. The molecule has 172 valence electrons.